The van der Waals surface area contributed by atoms with Gasteiger partial charge in [0.15, 0.2) is 0 Å². The molecular formula is C19H24N4O2. The quantitative estimate of drug-likeness (QED) is 0.878. The van der Waals surface area contributed by atoms with Crippen LogP contribution in [-0.4, -0.2) is 40.0 Å². The highest BCUT2D eigenvalue weighted by Gasteiger charge is 2.30. The van der Waals surface area contributed by atoms with Crippen LogP contribution in [-0.2, 0) is 11.2 Å². The van der Waals surface area contributed by atoms with E-state index in [0.29, 0.717) is 18.7 Å². The molecule has 0 unspecified atom stereocenters. The molecule has 2 aromatic rings. The normalized spacial score (nSPS) is 17.3. The van der Waals surface area contributed by atoms with E-state index in [1.165, 1.54) is 0 Å². The van der Waals surface area contributed by atoms with E-state index in [0.717, 1.165) is 37.1 Å². The second-order valence-corrected chi connectivity index (χ2v) is 6.46. The molecule has 0 saturated carbocycles. The van der Waals surface area contributed by atoms with Crippen LogP contribution in [0.2, 0.25) is 0 Å². The first-order valence-corrected chi connectivity index (χ1v) is 8.86. The minimum atomic E-state index is -0.181. The highest BCUT2D eigenvalue weighted by molar-refractivity contribution is 5.96. The van der Waals surface area contributed by atoms with E-state index >= 15 is 0 Å². The number of rotatable bonds is 5. The van der Waals surface area contributed by atoms with E-state index in [-0.39, 0.29) is 17.7 Å². The summed E-state index contributed by atoms with van der Waals surface area (Å²) in [6, 6.07) is 9.43. The molecule has 2 amide bonds. The Morgan fingerprint density at radius 2 is 2.12 bits per heavy atom. The molecule has 3 rings (SSSR count). The zero-order chi connectivity index (χ0) is 17.6. The van der Waals surface area contributed by atoms with Crippen molar-refractivity contribution in [3.05, 3.63) is 47.8 Å². The summed E-state index contributed by atoms with van der Waals surface area (Å²) in [5.74, 6) is -0.237. The first kappa shape index (κ1) is 17.2. The van der Waals surface area contributed by atoms with Gasteiger partial charge in [0.1, 0.15) is 0 Å². The SMILES string of the molecule is CCCc1[nH]ncc1C(=O)N1CCC[C@H](C(=O)Nc2ccccc2)C1. The van der Waals surface area contributed by atoms with Gasteiger partial charge in [-0.05, 0) is 31.4 Å². The van der Waals surface area contributed by atoms with Crippen molar-refractivity contribution in [2.24, 2.45) is 5.92 Å². The fourth-order valence-electron chi connectivity index (χ4n) is 3.25. The number of nitrogens with one attached hydrogen (secondary N) is 2. The van der Waals surface area contributed by atoms with Crippen LogP contribution in [0.15, 0.2) is 36.5 Å². The lowest BCUT2D eigenvalue weighted by Gasteiger charge is -2.32. The van der Waals surface area contributed by atoms with E-state index in [4.69, 9.17) is 0 Å². The molecule has 2 N–H and O–H groups in total. The van der Waals surface area contributed by atoms with Gasteiger partial charge < -0.3 is 10.2 Å². The Hall–Kier alpha value is -2.63. The van der Waals surface area contributed by atoms with Crippen molar-refractivity contribution < 1.29 is 9.59 Å². The monoisotopic (exact) mass is 340 g/mol. The molecule has 2 heterocycles. The van der Waals surface area contributed by atoms with Crippen molar-refractivity contribution in [3.8, 4) is 0 Å². The summed E-state index contributed by atoms with van der Waals surface area (Å²) in [5.41, 5.74) is 2.30. The third kappa shape index (κ3) is 4.07. The number of aromatic amines is 1. The number of H-pyrrole nitrogens is 1. The number of hydrogen-bond acceptors (Lipinski definition) is 3. The molecule has 1 aliphatic heterocycles. The highest BCUT2D eigenvalue weighted by atomic mass is 16.2. The topological polar surface area (TPSA) is 78.1 Å². The molecule has 1 aromatic carbocycles. The number of nitrogens with zero attached hydrogens (tertiary/aromatic N) is 2. The van der Waals surface area contributed by atoms with Crippen LogP contribution in [0.5, 0.6) is 0 Å². The molecule has 1 fully saturated rings. The Balaban J connectivity index is 1.65. The van der Waals surface area contributed by atoms with E-state index in [2.05, 4.69) is 22.4 Å². The molecule has 1 aromatic heterocycles. The number of piperidine rings is 1. The summed E-state index contributed by atoms with van der Waals surface area (Å²) in [6.45, 7) is 3.21. The molecule has 1 aliphatic rings. The molecule has 6 nitrogen and oxygen atoms in total. The lowest BCUT2D eigenvalue weighted by atomic mass is 9.96. The maximum absolute atomic E-state index is 12.8. The number of anilines is 1. The second-order valence-electron chi connectivity index (χ2n) is 6.46. The maximum atomic E-state index is 12.8. The molecule has 0 aliphatic carbocycles. The van der Waals surface area contributed by atoms with Gasteiger partial charge in [0.2, 0.25) is 5.91 Å². The third-order valence-electron chi connectivity index (χ3n) is 4.57. The maximum Gasteiger partial charge on any atom is 0.257 e. The molecule has 1 atom stereocenters. The lowest BCUT2D eigenvalue weighted by Crippen LogP contribution is -2.43. The predicted octanol–water partition coefficient (Wildman–Crippen LogP) is 2.85. The molecule has 0 spiro atoms. The molecule has 0 radical (unpaired) electrons. The van der Waals surface area contributed by atoms with E-state index in [1.54, 1.807) is 11.1 Å². The zero-order valence-corrected chi connectivity index (χ0v) is 14.5. The second kappa shape index (κ2) is 7.96. The smallest absolute Gasteiger partial charge is 0.257 e. The van der Waals surface area contributed by atoms with Gasteiger partial charge in [0.25, 0.3) is 5.91 Å². The third-order valence-corrected chi connectivity index (χ3v) is 4.57. The molecular weight excluding hydrogens is 316 g/mol. The van der Waals surface area contributed by atoms with Gasteiger partial charge in [-0.25, -0.2) is 0 Å². The molecule has 0 bridgehead atoms. The minimum absolute atomic E-state index is 0.0234. The van der Waals surface area contributed by atoms with Gasteiger partial charge in [0, 0.05) is 24.5 Å². The van der Waals surface area contributed by atoms with Gasteiger partial charge in [-0.1, -0.05) is 31.5 Å². The Morgan fingerprint density at radius 3 is 2.88 bits per heavy atom. The lowest BCUT2D eigenvalue weighted by molar-refractivity contribution is -0.121. The average Bonchev–Trinajstić information content (AvgIpc) is 3.10. The largest absolute Gasteiger partial charge is 0.338 e. The Morgan fingerprint density at radius 1 is 1.32 bits per heavy atom. The van der Waals surface area contributed by atoms with Crippen LogP contribution < -0.4 is 5.32 Å². The summed E-state index contributed by atoms with van der Waals surface area (Å²) >= 11 is 0. The first-order chi connectivity index (χ1) is 12.2. The van der Waals surface area contributed by atoms with Crippen LogP contribution in [0, 0.1) is 5.92 Å². The summed E-state index contributed by atoms with van der Waals surface area (Å²) in [7, 11) is 0. The Labute approximate surface area is 147 Å². The minimum Gasteiger partial charge on any atom is -0.338 e. The number of carbonyl (C=O) groups excluding carboxylic acids is 2. The van der Waals surface area contributed by atoms with E-state index < -0.39 is 0 Å². The highest BCUT2D eigenvalue weighted by Crippen LogP contribution is 2.21. The standard InChI is InChI=1S/C19H24N4O2/c1-2-7-17-16(12-20-22-17)19(25)23-11-6-8-14(13-23)18(24)21-15-9-4-3-5-10-15/h3-5,9-10,12,14H,2,6-8,11,13H2,1H3,(H,20,22)(H,21,24)/t14-/m0/s1. The van der Waals surface area contributed by atoms with Gasteiger partial charge in [-0.2, -0.15) is 5.10 Å². The van der Waals surface area contributed by atoms with Crippen LogP contribution in [0.3, 0.4) is 0 Å². The number of hydrogen-bond donors (Lipinski definition) is 2. The van der Waals surface area contributed by atoms with Crippen LogP contribution in [0.1, 0.15) is 42.2 Å². The number of carbonyl (C=O) groups is 2. The van der Waals surface area contributed by atoms with Crippen LogP contribution in [0.4, 0.5) is 5.69 Å². The van der Waals surface area contributed by atoms with Gasteiger partial charge in [0.05, 0.1) is 17.7 Å². The van der Waals surface area contributed by atoms with Crippen LogP contribution in [0.25, 0.3) is 0 Å². The van der Waals surface area contributed by atoms with Crippen LogP contribution >= 0.6 is 0 Å². The summed E-state index contributed by atoms with van der Waals surface area (Å²) in [6.07, 6.45) is 4.98. The number of aromatic nitrogens is 2. The van der Waals surface area contributed by atoms with Gasteiger partial charge in [-0.3, -0.25) is 14.7 Å². The first-order valence-electron chi connectivity index (χ1n) is 8.86. The number of benzene rings is 1. The molecule has 6 heteroatoms. The summed E-state index contributed by atoms with van der Waals surface area (Å²) in [5, 5.41) is 9.87. The van der Waals surface area contributed by atoms with E-state index in [1.807, 2.05) is 30.3 Å². The van der Waals surface area contributed by atoms with Crippen molar-refractivity contribution >= 4 is 17.5 Å². The number of para-hydroxylation sites is 1. The molecule has 132 valence electrons. The fraction of sp³-hybridized carbons (Fsp3) is 0.421. The fourth-order valence-corrected chi connectivity index (χ4v) is 3.25. The summed E-state index contributed by atoms with van der Waals surface area (Å²) < 4.78 is 0. The summed E-state index contributed by atoms with van der Waals surface area (Å²) in [4.78, 5) is 27.1. The predicted molar refractivity (Wildman–Crippen MR) is 96.3 cm³/mol. The number of likely N-dealkylation sites (tertiary alicyclic amines) is 1. The molecule has 25 heavy (non-hydrogen) atoms. The number of aryl methyl sites for hydroxylation is 1. The van der Waals surface area contributed by atoms with Crippen molar-refractivity contribution in [1.29, 1.82) is 0 Å². The van der Waals surface area contributed by atoms with Crippen molar-refractivity contribution in [2.75, 3.05) is 18.4 Å². The van der Waals surface area contributed by atoms with Gasteiger partial charge >= 0.3 is 0 Å². The van der Waals surface area contributed by atoms with Crippen molar-refractivity contribution in [1.82, 2.24) is 15.1 Å². The van der Waals surface area contributed by atoms with Crippen molar-refractivity contribution in [3.63, 3.8) is 0 Å². The zero-order valence-electron chi connectivity index (χ0n) is 14.5. The van der Waals surface area contributed by atoms with Gasteiger partial charge in [-0.15, -0.1) is 0 Å². The average molecular weight is 340 g/mol. The molecule has 1 saturated heterocycles. The van der Waals surface area contributed by atoms with E-state index in [9.17, 15) is 9.59 Å². The Bertz CT molecular complexity index is 726. The Kier molecular flexibility index (Phi) is 5.48. The number of amides is 2. The van der Waals surface area contributed by atoms with Crippen molar-refractivity contribution in [2.45, 2.75) is 32.6 Å².